The maximum Gasteiger partial charge on any atom is 0.129 e. The van der Waals surface area contributed by atoms with E-state index in [4.69, 9.17) is 5.73 Å². The number of fused-ring (bicyclic) bond motifs is 1. The molecule has 0 saturated carbocycles. The summed E-state index contributed by atoms with van der Waals surface area (Å²) in [5.74, 6) is 0.965. The van der Waals surface area contributed by atoms with Crippen molar-refractivity contribution in [2.24, 2.45) is 5.73 Å². The van der Waals surface area contributed by atoms with Crippen molar-refractivity contribution in [2.45, 2.75) is 13.3 Å². The highest BCUT2D eigenvalue weighted by molar-refractivity contribution is 5.81. The number of pyridine rings is 1. The zero-order valence-electron chi connectivity index (χ0n) is 9.53. The van der Waals surface area contributed by atoms with Gasteiger partial charge in [0, 0.05) is 11.9 Å². The summed E-state index contributed by atoms with van der Waals surface area (Å²) in [5.41, 5.74) is 7.67. The van der Waals surface area contributed by atoms with Crippen molar-refractivity contribution in [1.82, 2.24) is 4.98 Å². The van der Waals surface area contributed by atoms with Crippen LogP contribution in [0.5, 0.6) is 0 Å². The van der Waals surface area contributed by atoms with E-state index in [-0.39, 0.29) is 0 Å². The van der Waals surface area contributed by atoms with E-state index in [1.807, 2.05) is 18.2 Å². The average molecular weight is 215 g/mol. The SMILES string of the molecule is Cc1cc2ccccc2nc1NCCCN. The Morgan fingerprint density at radius 1 is 1.31 bits per heavy atom. The number of nitrogens with one attached hydrogen (secondary N) is 1. The normalized spacial score (nSPS) is 10.6. The average Bonchev–Trinajstić information content (AvgIpc) is 2.30. The molecule has 0 radical (unpaired) electrons. The van der Waals surface area contributed by atoms with Gasteiger partial charge in [-0.3, -0.25) is 0 Å². The number of hydrogen-bond acceptors (Lipinski definition) is 3. The van der Waals surface area contributed by atoms with Gasteiger partial charge in [-0.05, 0) is 37.6 Å². The number of nitrogens with zero attached hydrogens (tertiary/aromatic N) is 1. The number of aromatic nitrogens is 1. The Labute approximate surface area is 95.7 Å². The van der Waals surface area contributed by atoms with Crippen molar-refractivity contribution in [3.8, 4) is 0 Å². The molecule has 1 aromatic heterocycles. The summed E-state index contributed by atoms with van der Waals surface area (Å²) < 4.78 is 0. The molecule has 3 N–H and O–H groups in total. The predicted octanol–water partition coefficient (Wildman–Crippen LogP) is 2.30. The van der Waals surface area contributed by atoms with Crippen LogP contribution in [-0.4, -0.2) is 18.1 Å². The molecule has 0 bridgehead atoms. The summed E-state index contributed by atoms with van der Waals surface area (Å²) in [4.78, 5) is 4.59. The molecule has 0 amide bonds. The predicted molar refractivity (Wildman–Crippen MR) is 68.6 cm³/mol. The molecule has 0 aliphatic heterocycles. The Kier molecular flexibility index (Phi) is 3.37. The van der Waals surface area contributed by atoms with Crippen LogP contribution in [0.15, 0.2) is 30.3 Å². The third kappa shape index (κ3) is 2.31. The second kappa shape index (κ2) is 4.94. The van der Waals surface area contributed by atoms with Gasteiger partial charge < -0.3 is 11.1 Å². The lowest BCUT2D eigenvalue weighted by Crippen LogP contribution is -2.10. The lowest BCUT2D eigenvalue weighted by atomic mass is 10.1. The van der Waals surface area contributed by atoms with Crippen LogP contribution >= 0.6 is 0 Å². The molecule has 1 aromatic carbocycles. The number of nitrogens with two attached hydrogens (primary N) is 1. The molecule has 0 fully saturated rings. The van der Waals surface area contributed by atoms with Gasteiger partial charge in [0.1, 0.15) is 5.82 Å². The Balaban J connectivity index is 2.27. The highest BCUT2D eigenvalue weighted by Gasteiger charge is 2.01. The molecule has 1 heterocycles. The Morgan fingerprint density at radius 3 is 2.94 bits per heavy atom. The zero-order chi connectivity index (χ0) is 11.4. The summed E-state index contributed by atoms with van der Waals surface area (Å²) in [5, 5.41) is 4.50. The van der Waals surface area contributed by atoms with Crippen LogP contribution in [0.1, 0.15) is 12.0 Å². The first-order valence-corrected chi connectivity index (χ1v) is 5.61. The topological polar surface area (TPSA) is 50.9 Å². The van der Waals surface area contributed by atoms with Crippen molar-refractivity contribution < 1.29 is 0 Å². The number of anilines is 1. The van der Waals surface area contributed by atoms with Crippen molar-refractivity contribution in [2.75, 3.05) is 18.4 Å². The molecular formula is C13H17N3. The van der Waals surface area contributed by atoms with E-state index < -0.39 is 0 Å². The highest BCUT2D eigenvalue weighted by Crippen LogP contribution is 2.19. The molecule has 3 nitrogen and oxygen atoms in total. The molecule has 84 valence electrons. The smallest absolute Gasteiger partial charge is 0.129 e. The summed E-state index contributed by atoms with van der Waals surface area (Å²) in [6.07, 6.45) is 0.966. The van der Waals surface area contributed by atoms with Gasteiger partial charge in [-0.2, -0.15) is 0 Å². The van der Waals surface area contributed by atoms with Gasteiger partial charge in [-0.1, -0.05) is 18.2 Å². The number of hydrogen-bond donors (Lipinski definition) is 2. The lowest BCUT2D eigenvalue weighted by molar-refractivity contribution is 0.870. The maximum absolute atomic E-state index is 5.46. The summed E-state index contributed by atoms with van der Waals surface area (Å²) in [7, 11) is 0. The third-order valence-corrected chi connectivity index (χ3v) is 2.59. The molecular weight excluding hydrogens is 198 g/mol. The Hall–Kier alpha value is -1.61. The van der Waals surface area contributed by atoms with E-state index >= 15 is 0 Å². The van der Waals surface area contributed by atoms with Gasteiger partial charge in [0.2, 0.25) is 0 Å². The second-order valence-corrected chi connectivity index (χ2v) is 3.92. The van der Waals surface area contributed by atoms with Crippen LogP contribution in [-0.2, 0) is 0 Å². The van der Waals surface area contributed by atoms with Crippen molar-refractivity contribution in [3.05, 3.63) is 35.9 Å². The first-order chi connectivity index (χ1) is 7.81. The van der Waals surface area contributed by atoms with Gasteiger partial charge in [0.25, 0.3) is 0 Å². The number of benzene rings is 1. The highest BCUT2D eigenvalue weighted by atomic mass is 15.0. The minimum absolute atomic E-state index is 0.708. The van der Waals surface area contributed by atoms with Crippen molar-refractivity contribution in [1.29, 1.82) is 0 Å². The second-order valence-electron chi connectivity index (χ2n) is 3.92. The van der Waals surface area contributed by atoms with Crippen LogP contribution in [0.25, 0.3) is 10.9 Å². The Bertz CT molecular complexity index is 480. The van der Waals surface area contributed by atoms with Crippen molar-refractivity contribution in [3.63, 3.8) is 0 Å². The van der Waals surface area contributed by atoms with E-state index in [2.05, 4.69) is 29.4 Å². The van der Waals surface area contributed by atoms with Crippen LogP contribution in [0.3, 0.4) is 0 Å². The molecule has 16 heavy (non-hydrogen) atoms. The molecule has 2 aromatic rings. The number of aryl methyl sites for hydroxylation is 1. The monoisotopic (exact) mass is 215 g/mol. The Morgan fingerprint density at radius 2 is 2.12 bits per heavy atom. The first-order valence-electron chi connectivity index (χ1n) is 5.61. The van der Waals surface area contributed by atoms with Gasteiger partial charge in [0.15, 0.2) is 0 Å². The van der Waals surface area contributed by atoms with Gasteiger partial charge in [-0.15, -0.1) is 0 Å². The van der Waals surface area contributed by atoms with Gasteiger partial charge in [0.05, 0.1) is 5.52 Å². The molecule has 0 atom stereocenters. The van der Waals surface area contributed by atoms with Crippen LogP contribution in [0.4, 0.5) is 5.82 Å². The molecule has 0 aliphatic rings. The summed E-state index contributed by atoms with van der Waals surface area (Å²) >= 11 is 0. The molecule has 0 unspecified atom stereocenters. The standard InChI is InChI=1S/C13H17N3/c1-10-9-11-5-2-3-6-12(11)16-13(10)15-8-4-7-14/h2-3,5-6,9H,4,7-8,14H2,1H3,(H,15,16). The fraction of sp³-hybridized carbons (Fsp3) is 0.308. The van der Waals surface area contributed by atoms with Crippen LogP contribution < -0.4 is 11.1 Å². The number of rotatable bonds is 4. The minimum Gasteiger partial charge on any atom is -0.370 e. The number of para-hydroxylation sites is 1. The van der Waals surface area contributed by atoms with E-state index in [0.717, 1.165) is 24.3 Å². The molecule has 0 saturated heterocycles. The molecule has 0 aliphatic carbocycles. The summed E-state index contributed by atoms with van der Waals surface area (Å²) in [6, 6.07) is 10.3. The van der Waals surface area contributed by atoms with E-state index in [0.29, 0.717) is 6.54 Å². The lowest BCUT2D eigenvalue weighted by Gasteiger charge is -2.09. The third-order valence-electron chi connectivity index (χ3n) is 2.59. The fourth-order valence-electron chi connectivity index (χ4n) is 1.71. The van der Waals surface area contributed by atoms with Gasteiger partial charge >= 0.3 is 0 Å². The molecule has 2 rings (SSSR count). The van der Waals surface area contributed by atoms with Gasteiger partial charge in [-0.25, -0.2) is 4.98 Å². The maximum atomic E-state index is 5.46. The summed E-state index contributed by atoms with van der Waals surface area (Å²) in [6.45, 7) is 3.66. The van der Waals surface area contributed by atoms with E-state index in [9.17, 15) is 0 Å². The quantitative estimate of drug-likeness (QED) is 0.769. The van der Waals surface area contributed by atoms with E-state index in [1.54, 1.807) is 0 Å². The van der Waals surface area contributed by atoms with Crippen LogP contribution in [0, 0.1) is 6.92 Å². The fourth-order valence-corrected chi connectivity index (χ4v) is 1.71. The van der Waals surface area contributed by atoms with Crippen molar-refractivity contribution >= 4 is 16.7 Å². The van der Waals surface area contributed by atoms with Crippen LogP contribution in [0.2, 0.25) is 0 Å². The zero-order valence-corrected chi connectivity index (χ0v) is 9.53. The van der Waals surface area contributed by atoms with E-state index in [1.165, 1.54) is 10.9 Å². The molecule has 0 spiro atoms. The molecule has 3 heteroatoms. The minimum atomic E-state index is 0.708. The largest absolute Gasteiger partial charge is 0.370 e. The first kappa shape index (κ1) is 10.9.